The summed E-state index contributed by atoms with van der Waals surface area (Å²) in [5.41, 5.74) is 4.99. The van der Waals surface area contributed by atoms with Crippen LogP contribution < -0.4 is 5.48 Å². The second-order valence-corrected chi connectivity index (χ2v) is 4.30. The molecule has 0 fully saturated rings. The lowest BCUT2D eigenvalue weighted by molar-refractivity contribution is 0.180. The Kier molecular flexibility index (Phi) is 3.97. The smallest absolute Gasteiger partial charge is 0.0996 e. The monoisotopic (exact) mass is 277 g/mol. The van der Waals surface area contributed by atoms with E-state index < -0.39 is 0 Å². The van der Waals surface area contributed by atoms with E-state index >= 15 is 0 Å². The molecule has 0 aromatic heterocycles. The van der Waals surface area contributed by atoms with E-state index in [0.29, 0.717) is 6.61 Å². The molecule has 0 saturated carbocycles. The van der Waals surface area contributed by atoms with Crippen molar-refractivity contribution >= 4 is 21.6 Å². The summed E-state index contributed by atoms with van der Waals surface area (Å²) in [6.07, 6.45) is 0. The molecule has 0 aliphatic carbocycles. The fraction of sp³-hybridized carbons (Fsp3) is 0.0769. The van der Waals surface area contributed by atoms with Gasteiger partial charge in [-0.2, -0.15) is 0 Å². The Balaban J connectivity index is 1.82. The first kappa shape index (κ1) is 11.2. The standard InChI is InChI=1S/C13H12BrNO/c14-12-8-6-11(7-9-12)10-16-15-13-4-2-1-3-5-13/h1-9,15H,10H2. The maximum atomic E-state index is 5.38. The van der Waals surface area contributed by atoms with E-state index in [2.05, 4.69) is 21.4 Å². The third-order valence-corrected chi connectivity index (χ3v) is 2.64. The highest BCUT2D eigenvalue weighted by Crippen LogP contribution is 2.12. The molecule has 0 amide bonds. The normalized spacial score (nSPS) is 10.1. The number of benzene rings is 2. The molecule has 2 nitrogen and oxygen atoms in total. The Labute approximate surface area is 103 Å². The van der Waals surface area contributed by atoms with Crippen LogP contribution >= 0.6 is 15.9 Å². The van der Waals surface area contributed by atoms with Gasteiger partial charge in [-0.15, -0.1) is 0 Å². The van der Waals surface area contributed by atoms with Gasteiger partial charge < -0.3 is 0 Å². The van der Waals surface area contributed by atoms with Crippen molar-refractivity contribution in [3.8, 4) is 0 Å². The number of hydrogen-bond acceptors (Lipinski definition) is 2. The van der Waals surface area contributed by atoms with Crippen LogP contribution in [0.4, 0.5) is 5.69 Å². The molecule has 82 valence electrons. The van der Waals surface area contributed by atoms with E-state index in [0.717, 1.165) is 15.7 Å². The van der Waals surface area contributed by atoms with Crippen LogP contribution in [-0.4, -0.2) is 0 Å². The van der Waals surface area contributed by atoms with Crippen molar-refractivity contribution in [2.45, 2.75) is 6.61 Å². The van der Waals surface area contributed by atoms with Gasteiger partial charge in [0.05, 0.1) is 12.3 Å². The molecular formula is C13H12BrNO. The van der Waals surface area contributed by atoms with Gasteiger partial charge in [-0.25, -0.2) is 0 Å². The van der Waals surface area contributed by atoms with Crippen molar-refractivity contribution in [2.75, 3.05) is 5.48 Å². The molecule has 0 atom stereocenters. The molecule has 2 rings (SSSR count). The largest absolute Gasteiger partial charge is 0.271 e. The topological polar surface area (TPSA) is 21.3 Å². The summed E-state index contributed by atoms with van der Waals surface area (Å²) in [5.74, 6) is 0. The van der Waals surface area contributed by atoms with Crippen LogP contribution in [0.3, 0.4) is 0 Å². The van der Waals surface area contributed by atoms with Crippen LogP contribution in [0.1, 0.15) is 5.56 Å². The predicted molar refractivity (Wildman–Crippen MR) is 69.0 cm³/mol. The van der Waals surface area contributed by atoms with Gasteiger partial charge in [0.2, 0.25) is 0 Å². The lowest BCUT2D eigenvalue weighted by Gasteiger charge is -2.06. The lowest BCUT2D eigenvalue weighted by atomic mass is 10.2. The third kappa shape index (κ3) is 3.36. The van der Waals surface area contributed by atoms with Crippen LogP contribution in [-0.2, 0) is 11.4 Å². The SMILES string of the molecule is Brc1ccc(CONc2ccccc2)cc1. The maximum absolute atomic E-state index is 5.38. The number of halogens is 1. The molecule has 0 saturated heterocycles. The fourth-order valence-corrected chi connectivity index (χ4v) is 1.55. The molecule has 16 heavy (non-hydrogen) atoms. The first-order valence-corrected chi connectivity index (χ1v) is 5.81. The zero-order valence-electron chi connectivity index (χ0n) is 8.69. The van der Waals surface area contributed by atoms with E-state index in [9.17, 15) is 0 Å². The molecule has 0 heterocycles. The Bertz CT molecular complexity index is 427. The second-order valence-electron chi connectivity index (χ2n) is 3.38. The summed E-state index contributed by atoms with van der Waals surface area (Å²) in [5, 5.41) is 0. The highest BCUT2D eigenvalue weighted by atomic mass is 79.9. The van der Waals surface area contributed by atoms with Gasteiger partial charge in [0, 0.05) is 4.47 Å². The second kappa shape index (κ2) is 5.68. The zero-order valence-corrected chi connectivity index (χ0v) is 10.3. The fourth-order valence-electron chi connectivity index (χ4n) is 1.29. The summed E-state index contributed by atoms with van der Waals surface area (Å²) in [7, 11) is 0. The molecule has 0 spiro atoms. The molecule has 0 unspecified atom stereocenters. The minimum atomic E-state index is 0.544. The number of nitrogens with one attached hydrogen (secondary N) is 1. The Hall–Kier alpha value is -1.32. The van der Waals surface area contributed by atoms with E-state index in [4.69, 9.17) is 4.84 Å². The van der Waals surface area contributed by atoms with Crippen molar-refractivity contribution in [3.63, 3.8) is 0 Å². The number of para-hydroxylation sites is 1. The van der Waals surface area contributed by atoms with Crippen LogP contribution in [0.5, 0.6) is 0 Å². The number of rotatable bonds is 4. The highest BCUT2D eigenvalue weighted by Gasteiger charge is 1.93. The van der Waals surface area contributed by atoms with Gasteiger partial charge in [-0.05, 0) is 29.8 Å². The lowest BCUT2D eigenvalue weighted by Crippen LogP contribution is -2.00. The minimum Gasteiger partial charge on any atom is -0.271 e. The van der Waals surface area contributed by atoms with Crippen molar-refractivity contribution in [2.24, 2.45) is 0 Å². The van der Waals surface area contributed by atoms with Gasteiger partial charge in [-0.1, -0.05) is 46.3 Å². The van der Waals surface area contributed by atoms with Gasteiger partial charge in [-0.3, -0.25) is 10.3 Å². The van der Waals surface area contributed by atoms with Crippen molar-refractivity contribution in [3.05, 3.63) is 64.6 Å². The Morgan fingerprint density at radius 3 is 2.31 bits per heavy atom. The van der Waals surface area contributed by atoms with Gasteiger partial charge in [0.15, 0.2) is 0 Å². The minimum absolute atomic E-state index is 0.544. The summed E-state index contributed by atoms with van der Waals surface area (Å²) in [4.78, 5) is 5.38. The highest BCUT2D eigenvalue weighted by molar-refractivity contribution is 9.10. The molecule has 2 aromatic rings. The number of anilines is 1. The molecule has 0 aliphatic heterocycles. The average Bonchev–Trinajstić information content (AvgIpc) is 2.33. The average molecular weight is 278 g/mol. The van der Waals surface area contributed by atoms with E-state index in [1.807, 2.05) is 54.6 Å². The summed E-state index contributed by atoms with van der Waals surface area (Å²) in [6, 6.07) is 17.9. The number of hydrogen-bond donors (Lipinski definition) is 1. The quantitative estimate of drug-likeness (QED) is 0.854. The molecule has 0 bridgehead atoms. The van der Waals surface area contributed by atoms with Crippen LogP contribution in [0.2, 0.25) is 0 Å². The van der Waals surface area contributed by atoms with E-state index in [1.165, 1.54) is 0 Å². The molecule has 1 N–H and O–H groups in total. The molecule has 2 aromatic carbocycles. The van der Waals surface area contributed by atoms with E-state index in [-0.39, 0.29) is 0 Å². The van der Waals surface area contributed by atoms with Crippen LogP contribution in [0.25, 0.3) is 0 Å². The summed E-state index contributed by atoms with van der Waals surface area (Å²) in [6.45, 7) is 0.544. The summed E-state index contributed by atoms with van der Waals surface area (Å²) >= 11 is 3.39. The van der Waals surface area contributed by atoms with Crippen LogP contribution in [0, 0.1) is 0 Å². The van der Waals surface area contributed by atoms with Gasteiger partial charge >= 0.3 is 0 Å². The van der Waals surface area contributed by atoms with E-state index in [1.54, 1.807) is 0 Å². The first-order chi connectivity index (χ1) is 7.84. The Morgan fingerprint density at radius 2 is 1.62 bits per heavy atom. The van der Waals surface area contributed by atoms with Crippen molar-refractivity contribution < 1.29 is 4.84 Å². The van der Waals surface area contributed by atoms with Gasteiger partial charge in [0.1, 0.15) is 0 Å². The Morgan fingerprint density at radius 1 is 0.938 bits per heavy atom. The molecule has 0 aliphatic rings. The van der Waals surface area contributed by atoms with Gasteiger partial charge in [0.25, 0.3) is 0 Å². The predicted octanol–water partition coefficient (Wildman–Crippen LogP) is 3.99. The van der Waals surface area contributed by atoms with Crippen molar-refractivity contribution in [1.82, 2.24) is 0 Å². The molecule has 0 radical (unpaired) electrons. The third-order valence-electron chi connectivity index (χ3n) is 2.12. The van der Waals surface area contributed by atoms with Crippen molar-refractivity contribution in [1.29, 1.82) is 0 Å². The van der Waals surface area contributed by atoms with Crippen LogP contribution in [0.15, 0.2) is 59.1 Å². The first-order valence-electron chi connectivity index (χ1n) is 5.02. The maximum Gasteiger partial charge on any atom is 0.0996 e. The molecular weight excluding hydrogens is 266 g/mol. The molecule has 3 heteroatoms. The summed E-state index contributed by atoms with van der Waals surface area (Å²) < 4.78 is 1.08. The zero-order chi connectivity index (χ0) is 11.2.